The minimum absolute atomic E-state index is 0.235. The fourth-order valence-corrected chi connectivity index (χ4v) is 3.55. The number of anilines is 1. The number of nitrogens with one attached hydrogen (secondary N) is 1. The molecule has 0 saturated carbocycles. The highest BCUT2D eigenvalue weighted by molar-refractivity contribution is 5.99. The first-order valence-electron chi connectivity index (χ1n) is 9.71. The zero-order valence-corrected chi connectivity index (χ0v) is 15.9. The number of rotatable bonds is 5. The van der Waals surface area contributed by atoms with E-state index >= 15 is 0 Å². The van der Waals surface area contributed by atoms with Crippen molar-refractivity contribution >= 4 is 23.5 Å². The third-order valence-electron chi connectivity index (χ3n) is 5.05. The molecule has 0 aromatic heterocycles. The molecule has 1 saturated heterocycles. The average Bonchev–Trinajstić information content (AvgIpc) is 3.28. The predicted octanol–water partition coefficient (Wildman–Crippen LogP) is 2.68. The van der Waals surface area contributed by atoms with Gasteiger partial charge in [0.25, 0.3) is 11.8 Å². The molecule has 2 aromatic carbocycles. The van der Waals surface area contributed by atoms with Gasteiger partial charge in [-0.25, -0.2) is 0 Å². The van der Waals surface area contributed by atoms with Crippen LogP contribution in [0.3, 0.4) is 0 Å². The number of nitrogens with zero attached hydrogens (tertiary/aromatic N) is 1. The number of ether oxygens (including phenoxy) is 2. The molecule has 2 aliphatic rings. The molecule has 2 heterocycles. The van der Waals surface area contributed by atoms with Gasteiger partial charge in [-0.1, -0.05) is 42.5 Å². The van der Waals surface area contributed by atoms with Gasteiger partial charge >= 0.3 is 5.97 Å². The molecule has 0 bridgehead atoms. The molecule has 2 amide bonds. The van der Waals surface area contributed by atoms with Crippen LogP contribution in [0.4, 0.5) is 5.69 Å². The normalized spacial score (nSPS) is 19.0. The van der Waals surface area contributed by atoms with Crippen LogP contribution in [0.5, 0.6) is 5.75 Å². The number of likely N-dealkylation sites (tertiary alicyclic amines) is 1. The van der Waals surface area contributed by atoms with Crippen molar-refractivity contribution in [2.75, 3.05) is 18.4 Å². The minimum atomic E-state index is -1.03. The summed E-state index contributed by atoms with van der Waals surface area (Å²) in [6.45, 7) is 1.31. The van der Waals surface area contributed by atoms with Crippen molar-refractivity contribution in [3.05, 3.63) is 60.2 Å². The SMILES string of the molecule is O=C(C[C@H]1Oc2ccccc2NC1=O)O[C@@H](C(=O)N1CCCC1)c1ccccc1. The summed E-state index contributed by atoms with van der Waals surface area (Å²) in [6.07, 6.45) is -0.430. The van der Waals surface area contributed by atoms with Gasteiger partial charge in [-0.15, -0.1) is 0 Å². The third-order valence-corrected chi connectivity index (χ3v) is 5.05. The summed E-state index contributed by atoms with van der Waals surface area (Å²) in [5, 5.41) is 2.72. The summed E-state index contributed by atoms with van der Waals surface area (Å²) >= 11 is 0. The number of benzene rings is 2. The molecular formula is C22H22N2O5. The van der Waals surface area contributed by atoms with Crippen LogP contribution in [0.25, 0.3) is 0 Å². The number of carbonyl (C=O) groups excluding carboxylic acids is 3. The van der Waals surface area contributed by atoms with Crippen molar-refractivity contribution in [2.45, 2.75) is 31.5 Å². The van der Waals surface area contributed by atoms with Crippen LogP contribution in [-0.4, -0.2) is 41.9 Å². The van der Waals surface area contributed by atoms with Crippen molar-refractivity contribution in [1.82, 2.24) is 4.90 Å². The first-order chi connectivity index (χ1) is 14.1. The van der Waals surface area contributed by atoms with E-state index in [1.807, 2.05) is 6.07 Å². The van der Waals surface area contributed by atoms with Crippen LogP contribution < -0.4 is 10.1 Å². The van der Waals surface area contributed by atoms with Crippen LogP contribution in [0.15, 0.2) is 54.6 Å². The fourth-order valence-electron chi connectivity index (χ4n) is 3.55. The van der Waals surface area contributed by atoms with Gasteiger partial charge in [-0.3, -0.25) is 14.4 Å². The third kappa shape index (κ3) is 4.23. The van der Waals surface area contributed by atoms with Gasteiger partial charge in [-0.05, 0) is 25.0 Å². The van der Waals surface area contributed by atoms with Crippen molar-refractivity contribution in [3.8, 4) is 5.75 Å². The highest BCUT2D eigenvalue weighted by atomic mass is 16.6. The summed E-state index contributed by atoms with van der Waals surface area (Å²) in [7, 11) is 0. The highest BCUT2D eigenvalue weighted by Crippen LogP contribution is 2.30. The van der Waals surface area contributed by atoms with Crippen molar-refractivity contribution in [3.63, 3.8) is 0 Å². The van der Waals surface area contributed by atoms with E-state index in [-0.39, 0.29) is 12.3 Å². The maximum Gasteiger partial charge on any atom is 0.311 e. The molecule has 7 nitrogen and oxygen atoms in total. The van der Waals surface area contributed by atoms with Crippen LogP contribution in [-0.2, 0) is 19.1 Å². The molecule has 1 N–H and O–H groups in total. The molecule has 0 radical (unpaired) electrons. The highest BCUT2D eigenvalue weighted by Gasteiger charge is 2.34. The Kier molecular flexibility index (Phi) is 5.46. The number of hydrogen-bond donors (Lipinski definition) is 1. The van der Waals surface area contributed by atoms with Crippen molar-refractivity contribution < 1.29 is 23.9 Å². The second kappa shape index (κ2) is 8.34. The molecule has 2 aliphatic heterocycles. The number of amides is 2. The number of para-hydroxylation sites is 2. The minimum Gasteiger partial charge on any atom is -0.478 e. The maximum atomic E-state index is 12.9. The average molecular weight is 394 g/mol. The lowest BCUT2D eigenvalue weighted by molar-refractivity contribution is -0.162. The lowest BCUT2D eigenvalue weighted by Gasteiger charge is -2.27. The topological polar surface area (TPSA) is 84.9 Å². The van der Waals surface area contributed by atoms with Gasteiger partial charge < -0.3 is 19.7 Å². The lowest BCUT2D eigenvalue weighted by atomic mass is 10.1. The molecule has 1 fully saturated rings. The molecule has 4 rings (SSSR count). The Bertz CT molecular complexity index is 908. The van der Waals surface area contributed by atoms with Gasteiger partial charge in [0.05, 0.1) is 12.1 Å². The van der Waals surface area contributed by atoms with E-state index in [0.29, 0.717) is 30.1 Å². The van der Waals surface area contributed by atoms with E-state index in [1.54, 1.807) is 53.4 Å². The summed E-state index contributed by atoms with van der Waals surface area (Å²) in [5.41, 5.74) is 1.17. The van der Waals surface area contributed by atoms with E-state index in [9.17, 15) is 14.4 Å². The summed E-state index contributed by atoms with van der Waals surface area (Å²) in [4.78, 5) is 39.5. The fraction of sp³-hybridized carbons (Fsp3) is 0.318. The van der Waals surface area contributed by atoms with E-state index in [1.165, 1.54) is 0 Å². The zero-order chi connectivity index (χ0) is 20.2. The van der Waals surface area contributed by atoms with Crippen LogP contribution in [0.2, 0.25) is 0 Å². The number of fused-ring (bicyclic) bond motifs is 1. The predicted molar refractivity (Wildman–Crippen MR) is 105 cm³/mol. The number of hydrogen-bond acceptors (Lipinski definition) is 5. The number of carbonyl (C=O) groups is 3. The van der Waals surface area contributed by atoms with Crippen molar-refractivity contribution in [1.29, 1.82) is 0 Å². The van der Waals surface area contributed by atoms with Gasteiger partial charge in [-0.2, -0.15) is 0 Å². The molecule has 7 heteroatoms. The Balaban J connectivity index is 1.47. The first kappa shape index (κ1) is 19.0. The monoisotopic (exact) mass is 394 g/mol. The first-order valence-corrected chi connectivity index (χ1v) is 9.71. The Morgan fingerprint density at radius 3 is 2.52 bits per heavy atom. The molecule has 29 heavy (non-hydrogen) atoms. The smallest absolute Gasteiger partial charge is 0.311 e. The van der Waals surface area contributed by atoms with Gasteiger partial charge in [0, 0.05) is 18.7 Å². The Morgan fingerprint density at radius 2 is 1.76 bits per heavy atom. The van der Waals surface area contributed by atoms with E-state index < -0.39 is 24.1 Å². The quantitative estimate of drug-likeness (QED) is 0.788. The summed E-state index contributed by atoms with van der Waals surface area (Å²) in [5.74, 6) is -0.812. The molecule has 150 valence electrons. The standard InChI is InChI=1S/C22H22N2O5/c25-19(14-18-21(26)23-16-10-4-5-11-17(16)28-18)29-20(15-8-2-1-3-9-15)22(27)24-12-6-7-13-24/h1-5,8-11,18,20H,6-7,12-14H2,(H,23,26)/t18-,20-/m1/s1. The molecular weight excluding hydrogens is 372 g/mol. The molecule has 2 atom stereocenters. The molecule has 2 aromatic rings. The van der Waals surface area contributed by atoms with Gasteiger partial charge in [0.15, 0.2) is 6.10 Å². The largest absolute Gasteiger partial charge is 0.478 e. The maximum absolute atomic E-state index is 12.9. The molecule has 0 spiro atoms. The lowest BCUT2D eigenvalue weighted by Crippen LogP contribution is -2.40. The number of esters is 1. The summed E-state index contributed by atoms with van der Waals surface area (Å²) in [6, 6.07) is 15.9. The van der Waals surface area contributed by atoms with Gasteiger partial charge in [0.2, 0.25) is 6.10 Å². The van der Waals surface area contributed by atoms with E-state index in [2.05, 4.69) is 5.32 Å². The van der Waals surface area contributed by atoms with Crippen molar-refractivity contribution in [2.24, 2.45) is 0 Å². The van der Waals surface area contributed by atoms with Crippen LogP contribution in [0, 0.1) is 0 Å². The van der Waals surface area contributed by atoms with Crippen LogP contribution in [0.1, 0.15) is 30.9 Å². The Labute approximate surface area is 168 Å². The second-order valence-corrected chi connectivity index (χ2v) is 7.11. The van der Waals surface area contributed by atoms with E-state index in [4.69, 9.17) is 9.47 Å². The van der Waals surface area contributed by atoms with E-state index in [0.717, 1.165) is 12.8 Å². The molecule has 0 aliphatic carbocycles. The van der Waals surface area contributed by atoms with Gasteiger partial charge in [0.1, 0.15) is 5.75 Å². The zero-order valence-electron chi connectivity index (χ0n) is 15.9. The van der Waals surface area contributed by atoms with Crippen LogP contribution >= 0.6 is 0 Å². The second-order valence-electron chi connectivity index (χ2n) is 7.11. The summed E-state index contributed by atoms with van der Waals surface area (Å²) < 4.78 is 11.2. The molecule has 0 unspecified atom stereocenters. The Morgan fingerprint density at radius 1 is 1.07 bits per heavy atom. The Hall–Kier alpha value is -3.35.